The first-order valence-corrected chi connectivity index (χ1v) is 7.23. The number of ether oxygens (including phenoxy) is 1. The molecule has 2 aromatic rings. The Bertz CT molecular complexity index is 575. The predicted molar refractivity (Wildman–Crippen MR) is 76.7 cm³/mol. The van der Waals surface area contributed by atoms with Crippen LogP contribution in [0.15, 0.2) is 36.7 Å². The number of nitrogens with zero attached hydrogens (tertiary/aromatic N) is 2. The average Bonchev–Trinajstić information content (AvgIpc) is 3.15. The molecule has 4 nitrogen and oxygen atoms in total. The Morgan fingerprint density at radius 3 is 3.00 bits per heavy atom. The van der Waals surface area contributed by atoms with Crippen molar-refractivity contribution in [1.29, 1.82) is 0 Å². The zero-order valence-electron chi connectivity index (χ0n) is 11.7. The van der Waals surface area contributed by atoms with Gasteiger partial charge in [0.15, 0.2) is 0 Å². The molecule has 4 heteroatoms. The summed E-state index contributed by atoms with van der Waals surface area (Å²) in [4.78, 5) is 0. The van der Waals surface area contributed by atoms with E-state index < -0.39 is 6.10 Å². The molecule has 1 heterocycles. The van der Waals surface area contributed by atoms with Crippen LogP contribution in [0.3, 0.4) is 0 Å². The van der Waals surface area contributed by atoms with Gasteiger partial charge in [0.2, 0.25) is 0 Å². The molecule has 1 saturated carbocycles. The van der Waals surface area contributed by atoms with Crippen LogP contribution in [-0.4, -0.2) is 21.0 Å². The highest BCUT2D eigenvalue weighted by Gasteiger charge is 2.23. The molecule has 0 spiro atoms. The van der Waals surface area contributed by atoms with E-state index in [1.165, 1.54) is 0 Å². The normalized spacial score (nSPS) is 16.1. The van der Waals surface area contributed by atoms with Crippen molar-refractivity contribution in [2.75, 3.05) is 0 Å². The van der Waals surface area contributed by atoms with Gasteiger partial charge in [-0.3, -0.25) is 4.68 Å². The van der Waals surface area contributed by atoms with Crippen LogP contribution in [-0.2, 0) is 6.54 Å². The first kappa shape index (κ1) is 13.2. The Kier molecular flexibility index (Phi) is 3.74. The number of aliphatic hydroxyl groups excluding tert-OH is 1. The third-order valence-corrected chi connectivity index (χ3v) is 3.42. The van der Waals surface area contributed by atoms with E-state index in [9.17, 15) is 5.11 Å². The summed E-state index contributed by atoms with van der Waals surface area (Å²) in [5.74, 6) is 0.838. The molecule has 1 unspecified atom stereocenters. The standard InChI is InChI=1S/C16H20N2O2/c1-2-8-18-11-13(10-17-18)16(19)12-4-3-5-15(9-12)20-14-6-7-14/h3-5,9-11,14,16,19H,2,6-8H2,1H3. The van der Waals surface area contributed by atoms with E-state index in [1.807, 2.05) is 35.1 Å². The van der Waals surface area contributed by atoms with Crippen LogP contribution in [0.5, 0.6) is 5.75 Å². The summed E-state index contributed by atoms with van der Waals surface area (Å²) in [6.45, 7) is 2.98. The fourth-order valence-electron chi connectivity index (χ4n) is 2.20. The van der Waals surface area contributed by atoms with Gasteiger partial charge in [0.05, 0.1) is 12.3 Å². The molecule has 1 aliphatic rings. The number of hydrogen-bond acceptors (Lipinski definition) is 3. The molecule has 1 N–H and O–H groups in total. The number of hydrogen-bond donors (Lipinski definition) is 1. The summed E-state index contributed by atoms with van der Waals surface area (Å²) >= 11 is 0. The van der Waals surface area contributed by atoms with Gasteiger partial charge in [0.1, 0.15) is 11.9 Å². The van der Waals surface area contributed by atoms with Crippen molar-refractivity contribution in [2.24, 2.45) is 0 Å². The van der Waals surface area contributed by atoms with Crippen LogP contribution in [0.4, 0.5) is 0 Å². The number of benzene rings is 1. The van der Waals surface area contributed by atoms with Gasteiger partial charge >= 0.3 is 0 Å². The first-order valence-electron chi connectivity index (χ1n) is 7.23. The maximum absolute atomic E-state index is 10.4. The zero-order chi connectivity index (χ0) is 13.9. The summed E-state index contributed by atoms with van der Waals surface area (Å²) in [5, 5.41) is 14.7. The van der Waals surface area contributed by atoms with Crippen LogP contribution in [0.1, 0.15) is 43.4 Å². The molecule has 0 saturated heterocycles. The lowest BCUT2D eigenvalue weighted by Crippen LogP contribution is -2.01. The van der Waals surface area contributed by atoms with E-state index >= 15 is 0 Å². The molecule has 106 valence electrons. The number of aromatic nitrogens is 2. The topological polar surface area (TPSA) is 47.3 Å². The second-order valence-corrected chi connectivity index (χ2v) is 5.33. The summed E-state index contributed by atoms with van der Waals surface area (Å²) in [5.41, 5.74) is 1.67. The van der Waals surface area contributed by atoms with E-state index in [1.54, 1.807) is 6.20 Å². The number of aryl methyl sites for hydroxylation is 1. The highest BCUT2D eigenvalue weighted by Crippen LogP contribution is 2.29. The van der Waals surface area contributed by atoms with Crippen molar-refractivity contribution in [2.45, 2.75) is 44.9 Å². The number of rotatable bonds is 6. The lowest BCUT2D eigenvalue weighted by molar-refractivity contribution is 0.219. The third-order valence-electron chi connectivity index (χ3n) is 3.42. The molecule has 0 radical (unpaired) electrons. The summed E-state index contributed by atoms with van der Waals surface area (Å²) in [6, 6.07) is 7.70. The molecule has 1 atom stereocenters. The second-order valence-electron chi connectivity index (χ2n) is 5.33. The summed E-state index contributed by atoms with van der Waals surface area (Å²) in [7, 11) is 0. The smallest absolute Gasteiger partial charge is 0.120 e. The second kappa shape index (κ2) is 5.67. The van der Waals surface area contributed by atoms with Crippen LogP contribution in [0.2, 0.25) is 0 Å². The molecule has 3 rings (SSSR count). The monoisotopic (exact) mass is 272 g/mol. The van der Waals surface area contributed by atoms with Gasteiger partial charge < -0.3 is 9.84 Å². The fraction of sp³-hybridized carbons (Fsp3) is 0.438. The van der Waals surface area contributed by atoms with Gasteiger partial charge in [-0.25, -0.2) is 0 Å². The van der Waals surface area contributed by atoms with Gasteiger partial charge in [-0.15, -0.1) is 0 Å². The van der Waals surface area contributed by atoms with E-state index in [2.05, 4.69) is 12.0 Å². The van der Waals surface area contributed by atoms with Crippen molar-refractivity contribution < 1.29 is 9.84 Å². The minimum atomic E-state index is -0.650. The molecule has 0 amide bonds. The molecule has 1 aliphatic carbocycles. The highest BCUT2D eigenvalue weighted by atomic mass is 16.5. The Labute approximate surface area is 119 Å². The van der Waals surface area contributed by atoms with E-state index in [0.29, 0.717) is 6.10 Å². The van der Waals surface area contributed by atoms with E-state index in [0.717, 1.165) is 42.7 Å². The van der Waals surface area contributed by atoms with Crippen LogP contribution >= 0.6 is 0 Å². The largest absolute Gasteiger partial charge is 0.490 e. The summed E-state index contributed by atoms with van der Waals surface area (Å²) < 4.78 is 7.63. The third kappa shape index (κ3) is 3.02. The van der Waals surface area contributed by atoms with Gasteiger partial charge in [-0.2, -0.15) is 5.10 Å². The molecule has 0 aliphatic heterocycles. The Balaban J connectivity index is 1.75. The SMILES string of the molecule is CCCn1cc(C(O)c2cccc(OC3CC3)c2)cn1. The van der Waals surface area contributed by atoms with E-state index in [-0.39, 0.29) is 0 Å². The minimum absolute atomic E-state index is 0.370. The van der Waals surface area contributed by atoms with Gasteiger partial charge in [-0.05, 0) is 37.0 Å². The number of aliphatic hydroxyl groups is 1. The first-order chi connectivity index (χ1) is 9.76. The fourth-order valence-corrected chi connectivity index (χ4v) is 2.20. The minimum Gasteiger partial charge on any atom is -0.490 e. The Morgan fingerprint density at radius 2 is 2.25 bits per heavy atom. The lowest BCUT2D eigenvalue weighted by Gasteiger charge is -2.11. The molecule has 1 aromatic heterocycles. The van der Waals surface area contributed by atoms with Gasteiger partial charge in [0.25, 0.3) is 0 Å². The molecule has 1 aromatic carbocycles. The lowest BCUT2D eigenvalue weighted by atomic mass is 10.0. The van der Waals surface area contributed by atoms with Crippen molar-refractivity contribution in [3.05, 3.63) is 47.8 Å². The van der Waals surface area contributed by atoms with Gasteiger partial charge in [0, 0.05) is 18.3 Å². The molecule has 0 bridgehead atoms. The van der Waals surface area contributed by atoms with Crippen molar-refractivity contribution >= 4 is 0 Å². The van der Waals surface area contributed by atoms with Crippen LogP contribution < -0.4 is 4.74 Å². The van der Waals surface area contributed by atoms with Crippen LogP contribution in [0.25, 0.3) is 0 Å². The summed E-state index contributed by atoms with van der Waals surface area (Å²) in [6.07, 6.45) is 6.66. The highest BCUT2D eigenvalue weighted by molar-refractivity contribution is 5.34. The van der Waals surface area contributed by atoms with Gasteiger partial charge in [-0.1, -0.05) is 19.1 Å². The molecule has 1 fully saturated rings. The molecule has 20 heavy (non-hydrogen) atoms. The molecular weight excluding hydrogens is 252 g/mol. The van der Waals surface area contributed by atoms with Crippen molar-refractivity contribution in [3.63, 3.8) is 0 Å². The maximum atomic E-state index is 10.4. The Morgan fingerprint density at radius 1 is 1.40 bits per heavy atom. The average molecular weight is 272 g/mol. The quantitative estimate of drug-likeness (QED) is 0.879. The van der Waals surface area contributed by atoms with E-state index in [4.69, 9.17) is 4.74 Å². The van der Waals surface area contributed by atoms with Crippen molar-refractivity contribution in [1.82, 2.24) is 9.78 Å². The molecular formula is C16H20N2O2. The van der Waals surface area contributed by atoms with Crippen molar-refractivity contribution in [3.8, 4) is 5.75 Å². The predicted octanol–water partition coefficient (Wildman–Crippen LogP) is 2.92. The Hall–Kier alpha value is -1.81. The van der Waals surface area contributed by atoms with Crippen LogP contribution in [0, 0.1) is 0 Å². The zero-order valence-corrected chi connectivity index (χ0v) is 11.7. The maximum Gasteiger partial charge on any atom is 0.120 e.